The molecule has 0 atom stereocenters. The Morgan fingerprint density at radius 3 is 1.80 bits per heavy atom. The molecule has 0 aliphatic carbocycles. The van der Waals surface area contributed by atoms with Crippen LogP contribution in [0.4, 0.5) is 0 Å². The van der Waals surface area contributed by atoms with E-state index in [1.165, 1.54) is 5.34 Å². The van der Waals surface area contributed by atoms with Crippen LogP contribution in [0.1, 0.15) is 2.85 Å². The van der Waals surface area contributed by atoms with Crippen molar-refractivity contribution in [3.8, 4) is 0 Å². The van der Waals surface area contributed by atoms with Crippen LogP contribution in [0.2, 0.25) is 0 Å². The van der Waals surface area contributed by atoms with Crippen LogP contribution in [0, 0.1) is 4.91 Å². The summed E-state index contributed by atoms with van der Waals surface area (Å²) in [5.74, 6) is 0. The first kappa shape index (κ1) is 16.8. The fourth-order valence-corrected chi connectivity index (χ4v) is 0. The molecule has 0 aromatic rings. The topological polar surface area (TPSA) is 81.2 Å². The van der Waals surface area contributed by atoms with Gasteiger partial charge in [-0.2, -0.15) is 0 Å². The van der Waals surface area contributed by atoms with E-state index in [4.69, 9.17) is 10.1 Å². The molecule has 0 heterocycles. The van der Waals surface area contributed by atoms with E-state index >= 15 is 0 Å². The van der Waals surface area contributed by atoms with E-state index in [1.807, 2.05) is 0 Å². The summed E-state index contributed by atoms with van der Waals surface area (Å²) in [4.78, 5) is 8.11. The van der Waals surface area contributed by atoms with Crippen molar-refractivity contribution in [1.82, 2.24) is 0 Å². The molecule has 5 heavy (non-hydrogen) atoms. The van der Waals surface area contributed by atoms with Crippen LogP contribution in [-0.2, 0) is 0 Å². The number of nitrogens with zero attached hydrogens (tertiary/aromatic N) is 1. The summed E-state index contributed by atoms with van der Waals surface area (Å²) in [5, 5.41) is 7.89. The fraction of sp³-hybridized carbons (Fsp3) is 0. The summed E-state index contributed by atoms with van der Waals surface area (Å²) in [6.45, 7) is 0. The first-order valence-electron chi connectivity index (χ1n) is 0.383. The first-order valence-corrected chi connectivity index (χ1v) is 0.383. The molecule has 3 N–H and O–H groups in total. The van der Waals surface area contributed by atoms with Gasteiger partial charge in [0, 0.05) is 0 Å². The van der Waals surface area contributed by atoms with E-state index in [2.05, 4.69) is 0 Å². The molecule has 0 unspecified atom stereocenters. The maximum absolute atomic E-state index is 8.11. The fourth-order valence-electron chi connectivity index (χ4n) is 0. The van der Waals surface area contributed by atoms with Crippen LogP contribution in [0.25, 0.3) is 0 Å². The largest absolute Gasteiger partial charge is 2.00 e. The third kappa shape index (κ3) is 48.8. The molecule has 0 aromatic carbocycles. The van der Waals surface area contributed by atoms with Gasteiger partial charge in [-0.1, -0.05) is 0 Å². The van der Waals surface area contributed by atoms with Crippen LogP contribution in [0.5, 0.6) is 0 Å². The predicted molar refractivity (Wildman–Crippen MR) is 19.2 cm³/mol. The maximum Gasteiger partial charge on any atom is 2.00 e. The van der Waals surface area contributed by atoms with Gasteiger partial charge in [0.25, 0.3) is 0 Å². The first-order chi connectivity index (χ1) is 1.41. The van der Waals surface area contributed by atoms with Gasteiger partial charge < -0.3 is 13.5 Å². The van der Waals surface area contributed by atoms with E-state index < -0.39 is 0 Å². The molecule has 0 radical (unpaired) electrons. The summed E-state index contributed by atoms with van der Waals surface area (Å²) in [5.41, 5.74) is 0. The molecule has 4 nitrogen and oxygen atoms in total. The summed E-state index contributed by atoms with van der Waals surface area (Å²) in [7, 11) is 0. The van der Waals surface area contributed by atoms with Gasteiger partial charge in [-0.3, -0.25) is 0 Å². The van der Waals surface area contributed by atoms with Crippen molar-refractivity contribution in [3.63, 3.8) is 0 Å². The number of hydrogen-bond donors (Lipinski definition) is 1. The second-order valence-corrected chi connectivity index (χ2v) is 0.0816. The Kier molecular flexibility index (Phi) is 68.6. The van der Waals surface area contributed by atoms with Gasteiger partial charge in [0.15, 0.2) is 5.34 Å². The van der Waals surface area contributed by atoms with Crippen LogP contribution >= 0.6 is 0 Å². The zero-order valence-corrected chi connectivity index (χ0v) is 6.95. The smallest absolute Gasteiger partial charge is 1.00 e. The molecular formula is H5BaNO3. The van der Waals surface area contributed by atoms with Gasteiger partial charge in [-0.05, 0) is 0 Å². The predicted octanol–water partition coefficient (Wildman–Crippen LogP) is -0.839. The van der Waals surface area contributed by atoms with Crippen molar-refractivity contribution < 1.29 is 13.5 Å². The van der Waals surface area contributed by atoms with E-state index in [0.29, 0.717) is 0 Å². The van der Waals surface area contributed by atoms with Crippen LogP contribution in [-0.4, -0.2) is 59.6 Å². The Morgan fingerprint density at radius 1 is 1.80 bits per heavy atom. The summed E-state index contributed by atoms with van der Waals surface area (Å²) in [6.07, 6.45) is 0. The van der Waals surface area contributed by atoms with Gasteiger partial charge in [0.2, 0.25) is 0 Å². The van der Waals surface area contributed by atoms with Gasteiger partial charge in [0.1, 0.15) is 0 Å². The Balaban J connectivity index is -0.00000000333. The van der Waals surface area contributed by atoms with Crippen molar-refractivity contribution in [3.05, 3.63) is 4.91 Å². The van der Waals surface area contributed by atoms with E-state index in [-0.39, 0.29) is 57.2 Å². The quantitative estimate of drug-likeness (QED) is 0.317. The van der Waals surface area contributed by atoms with E-state index in [0.717, 1.165) is 0 Å². The SMILES string of the molecule is O.O=NO.[Ba+2].[H-].[H-]. The minimum absolute atomic E-state index is 0. The summed E-state index contributed by atoms with van der Waals surface area (Å²) < 4.78 is 0. The van der Waals surface area contributed by atoms with Crippen LogP contribution < -0.4 is 0 Å². The average Bonchev–Trinajstić information content (AvgIpc) is 0.918. The second-order valence-electron chi connectivity index (χ2n) is 0.0816. The van der Waals surface area contributed by atoms with Gasteiger partial charge >= 0.3 is 48.9 Å². The summed E-state index contributed by atoms with van der Waals surface area (Å²) >= 11 is 0. The molecular weight excluding hydrogens is 199 g/mol. The Morgan fingerprint density at radius 2 is 1.80 bits per heavy atom. The van der Waals surface area contributed by atoms with Crippen molar-refractivity contribution in [2.24, 2.45) is 5.34 Å². The van der Waals surface area contributed by atoms with Gasteiger partial charge in [0.05, 0.1) is 0 Å². The van der Waals surface area contributed by atoms with Crippen molar-refractivity contribution in [2.45, 2.75) is 0 Å². The third-order valence-electron chi connectivity index (χ3n) is 0. The molecule has 0 bridgehead atoms. The van der Waals surface area contributed by atoms with Crippen LogP contribution in [0.3, 0.4) is 0 Å². The molecule has 0 aliphatic rings. The van der Waals surface area contributed by atoms with Crippen molar-refractivity contribution in [2.75, 3.05) is 0 Å². The van der Waals surface area contributed by atoms with Crippen molar-refractivity contribution in [1.29, 1.82) is 0 Å². The van der Waals surface area contributed by atoms with Gasteiger partial charge in [-0.15, -0.1) is 4.91 Å². The van der Waals surface area contributed by atoms with E-state index in [1.54, 1.807) is 0 Å². The summed E-state index contributed by atoms with van der Waals surface area (Å²) in [6, 6.07) is 0. The average molecular weight is 204 g/mol. The zero-order chi connectivity index (χ0) is 2.71. The normalized spacial score (nSPS) is 2.40. The van der Waals surface area contributed by atoms with Gasteiger partial charge in [-0.25, -0.2) is 0 Å². The number of hydrogen-bond acceptors (Lipinski definition) is 2. The molecule has 0 saturated heterocycles. The standard InChI is InChI=1S/Ba.HNO2.H2O.2H/c;2-1-3;;;/h;(H,2,3);1H2;;/q+2;;;2*-1. The molecule has 0 aromatic heterocycles. The molecule has 0 amide bonds. The van der Waals surface area contributed by atoms with Crippen LogP contribution in [0.15, 0.2) is 5.34 Å². The zero-order valence-electron chi connectivity index (χ0n) is 4.51. The molecule has 0 saturated carbocycles. The monoisotopic (exact) mass is 205 g/mol. The molecule has 0 aliphatic heterocycles. The molecule has 0 fully saturated rings. The molecule has 5 heteroatoms. The maximum atomic E-state index is 8.11. The Hall–Kier alpha value is 0.931. The second kappa shape index (κ2) is 20.4. The minimum atomic E-state index is 0. The molecule has 30 valence electrons. The minimum Gasteiger partial charge on any atom is -1.00 e. The third-order valence-corrected chi connectivity index (χ3v) is 0. The van der Waals surface area contributed by atoms with E-state index in [9.17, 15) is 0 Å². The Labute approximate surface area is 71.8 Å². The molecule has 0 rings (SSSR count). The number of rotatable bonds is 0. The molecule has 0 spiro atoms. The Bertz CT molecular complexity index is 20.4. The van der Waals surface area contributed by atoms with Crippen molar-refractivity contribution >= 4 is 48.9 Å².